The van der Waals surface area contributed by atoms with Crippen molar-refractivity contribution >= 4 is 27.9 Å². The highest BCUT2D eigenvalue weighted by Gasteiger charge is 2.36. The lowest BCUT2D eigenvalue weighted by Gasteiger charge is -2.29. The largest absolute Gasteiger partial charge is 0.431 e. The number of hydrogen-bond donors (Lipinski definition) is 0. The molecule has 0 atom stereocenters. The number of aryl methyl sites for hydroxylation is 1. The van der Waals surface area contributed by atoms with Crippen LogP contribution in [0.2, 0.25) is 0 Å². The summed E-state index contributed by atoms with van der Waals surface area (Å²) in [4.78, 5) is 4.28. The molecule has 138 valence electrons. The Balaban J connectivity index is 1.85. The molecule has 1 aromatic carbocycles. The number of rotatable bonds is 3. The minimum atomic E-state index is -4.37. The molecule has 4 rings (SSSR count). The second-order valence-corrected chi connectivity index (χ2v) is 8.26. The lowest BCUT2D eigenvalue weighted by Crippen LogP contribution is -2.29. The van der Waals surface area contributed by atoms with Crippen LogP contribution in [0.15, 0.2) is 36.4 Å². The van der Waals surface area contributed by atoms with Gasteiger partial charge in [-0.15, -0.1) is 11.3 Å². The quantitative estimate of drug-likeness (QED) is 0.537. The van der Waals surface area contributed by atoms with Crippen LogP contribution in [0.1, 0.15) is 34.7 Å². The molecule has 1 saturated heterocycles. The topological polar surface area (TPSA) is 8.17 Å². The number of nitrogens with zero attached hydrogens (tertiary/aromatic N) is 2. The molecule has 26 heavy (non-hydrogen) atoms. The third kappa shape index (κ3) is 3.22. The maximum Gasteiger partial charge on any atom is 0.431 e. The SMILES string of the molecule is Cc1ccc(Cn2c(C(F)(F)F)cc3c(N4CCCCC4)cccc32)s1. The number of anilines is 1. The van der Waals surface area contributed by atoms with Crippen LogP contribution in [0.25, 0.3) is 10.9 Å². The highest BCUT2D eigenvalue weighted by atomic mass is 32.1. The van der Waals surface area contributed by atoms with Crippen molar-refractivity contribution in [3.05, 3.63) is 51.8 Å². The van der Waals surface area contributed by atoms with E-state index >= 15 is 0 Å². The first kappa shape index (κ1) is 17.5. The second kappa shape index (κ2) is 6.65. The van der Waals surface area contributed by atoms with Gasteiger partial charge in [0.05, 0.1) is 12.1 Å². The fraction of sp³-hybridized carbons (Fsp3) is 0.400. The van der Waals surface area contributed by atoms with Gasteiger partial charge in [-0.1, -0.05) is 6.07 Å². The summed E-state index contributed by atoms with van der Waals surface area (Å²) in [7, 11) is 0. The smallest absolute Gasteiger partial charge is 0.371 e. The van der Waals surface area contributed by atoms with Crippen molar-refractivity contribution in [3.8, 4) is 0 Å². The van der Waals surface area contributed by atoms with Gasteiger partial charge < -0.3 is 9.47 Å². The van der Waals surface area contributed by atoms with Crippen molar-refractivity contribution < 1.29 is 13.2 Å². The first-order chi connectivity index (χ1) is 12.4. The molecule has 2 aromatic heterocycles. The summed E-state index contributed by atoms with van der Waals surface area (Å²) < 4.78 is 42.6. The lowest BCUT2D eigenvalue weighted by molar-refractivity contribution is -0.143. The van der Waals surface area contributed by atoms with E-state index < -0.39 is 11.9 Å². The standard InChI is InChI=1S/C20H21F3N2S/c1-14-8-9-15(26-14)13-25-18-7-5-6-17(24-10-3-2-4-11-24)16(18)12-19(25)20(21,22)23/h5-9,12H,2-4,10-11,13H2,1H3. The Hall–Kier alpha value is -1.95. The van der Waals surface area contributed by atoms with E-state index in [0.717, 1.165) is 41.4 Å². The number of piperidine rings is 1. The molecule has 1 fully saturated rings. The summed E-state index contributed by atoms with van der Waals surface area (Å²) >= 11 is 1.55. The van der Waals surface area contributed by atoms with Gasteiger partial charge in [-0.3, -0.25) is 0 Å². The molecule has 1 aliphatic heterocycles. The Morgan fingerprint density at radius 3 is 2.46 bits per heavy atom. The molecule has 3 aromatic rings. The average Bonchev–Trinajstić information content (AvgIpc) is 3.19. The van der Waals surface area contributed by atoms with Crippen LogP contribution in [0.4, 0.5) is 18.9 Å². The molecule has 0 N–H and O–H groups in total. The van der Waals surface area contributed by atoms with Crippen molar-refractivity contribution in [1.29, 1.82) is 0 Å². The third-order valence-electron chi connectivity index (χ3n) is 5.02. The number of alkyl halides is 3. The van der Waals surface area contributed by atoms with Gasteiger partial charge in [-0.2, -0.15) is 13.2 Å². The van der Waals surface area contributed by atoms with Gasteiger partial charge in [-0.05, 0) is 56.5 Å². The molecule has 1 aliphatic rings. The van der Waals surface area contributed by atoms with E-state index in [1.807, 2.05) is 31.2 Å². The average molecular weight is 378 g/mol. The van der Waals surface area contributed by atoms with Crippen molar-refractivity contribution in [1.82, 2.24) is 4.57 Å². The lowest BCUT2D eigenvalue weighted by atomic mass is 10.1. The van der Waals surface area contributed by atoms with Crippen molar-refractivity contribution in [2.45, 2.75) is 38.9 Å². The van der Waals surface area contributed by atoms with Crippen LogP contribution in [0.5, 0.6) is 0 Å². The van der Waals surface area contributed by atoms with Crippen LogP contribution in [0, 0.1) is 6.92 Å². The molecule has 0 unspecified atom stereocenters. The molecule has 0 saturated carbocycles. The van der Waals surface area contributed by atoms with Crippen LogP contribution in [-0.2, 0) is 12.7 Å². The van der Waals surface area contributed by atoms with Crippen molar-refractivity contribution in [2.75, 3.05) is 18.0 Å². The molecule has 0 radical (unpaired) electrons. The maximum absolute atomic E-state index is 13.7. The first-order valence-corrected chi connectivity index (χ1v) is 9.75. The maximum atomic E-state index is 13.7. The fourth-order valence-electron chi connectivity index (χ4n) is 3.81. The molecule has 6 heteroatoms. The molecule has 0 amide bonds. The molecule has 2 nitrogen and oxygen atoms in total. The molecule has 0 bridgehead atoms. The van der Waals surface area contributed by atoms with Crippen molar-refractivity contribution in [2.24, 2.45) is 0 Å². The minimum Gasteiger partial charge on any atom is -0.371 e. The van der Waals surface area contributed by atoms with E-state index in [4.69, 9.17) is 0 Å². The Labute approximate surface area is 154 Å². The predicted molar refractivity (Wildman–Crippen MR) is 101 cm³/mol. The fourth-order valence-corrected chi connectivity index (χ4v) is 4.69. The van der Waals surface area contributed by atoms with Gasteiger partial charge in [0.1, 0.15) is 5.69 Å². The molecular formula is C20H21F3N2S. The van der Waals surface area contributed by atoms with Gasteiger partial charge >= 0.3 is 6.18 Å². The van der Waals surface area contributed by atoms with E-state index in [9.17, 15) is 13.2 Å². The number of thiophene rings is 1. The zero-order chi connectivity index (χ0) is 18.3. The summed E-state index contributed by atoms with van der Waals surface area (Å²) in [6.07, 6.45) is -0.987. The van der Waals surface area contributed by atoms with Gasteiger partial charge in [0.15, 0.2) is 0 Å². The van der Waals surface area contributed by atoms with Gasteiger partial charge in [0.25, 0.3) is 0 Å². The third-order valence-corrected chi connectivity index (χ3v) is 6.01. The monoisotopic (exact) mass is 378 g/mol. The van der Waals surface area contributed by atoms with E-state index in [-0.39, 0.29) is 6.54 Å². The normalized spacial score (nSPS) is 15.8. The molecule has 0 spiro atoms. The first-order valence-electron chi connectivity index (χ1n) is 8.93. The molecule has 0 aliphatic carbocycles. The van der Waals surface area contributed by atoms with E-state index in [2.05, 4.69) is 4.90 Å². The van der Waals surface area contributed by atoms with Gasteiger partial charge in [0.2, 0.25) is 0 Å². The summed E-state index contributed by atoms with van der Waals surface area (Å²) in [6.45, 7) is 4.05. The molecular weight excluding hydrogens is 357 g/mol. The van der Waals surface area contributed by atoms with Crippen LogP contribution < -0.4 is 4.90 Å². The summed E-state index contributed by atoms with van der Waals surface area (Å²) in [5.41, 5.74) is 1.02. The molecule has 3 heterocycles. The Bertz CT molecular complexity index is 917. The summed E-state index contributed by atoms with van der Waals surface area (Å²) in [6, 6.07) is 10.8. The van der Waals surface area contributed by atoms with Gasteiger partial charge in [-0.25, -0.2) is 0 Å². The number of benzene rings is 1. The Kier molecular flexibility index (Phi) is 4.47. The number of aromatic nitrogens is 1. The van der Waals surface area contributed by atoms with E-state index in [0.29, 0.717) is 10.9 Å². The Morgan fingerprint density at radius 2 is 1.81 bits per heavy atom. The number of fused-ring (bicyclic) bond motifs is 1. The van der Waals surface area contributed by atoms with Gasteiger partial charge in [0, 0.05) is 33.9 Å². The van der Waals surface area contributed by atoms with E-state index in [1.54, 1.807) is 17.4 Å². The number of hydrogen-bond acceptors (Lipinski definition) is 2. The zero-order valence-corrected chi connectivity index (χ0v) is 15.5. The highest BCUT2D eigenvalue weighted by molar-refractivity contribution is 7.11. The summed E-state index contributed by atoms with van der Waals surface area (Å²) in [5, 5.41) is 0.704. The number of halogens is 3. The van der Waals surface area contributed by atoms with Crippen LogP contribution in [0.3, 0.4) is 0 Å². The van der Waals surface area contributed by atoms with Crippen LogP contribution >= 0.6 is 11.3 Å². The van der Waals surface area contributed by atoms with Crippen molar-refractivity contribution in [3.63, 3.8) is 0 Å². The van der Waals surface area contributed by atoms with E-state index in [1.165, 1.54) is 17.1 Å². The Morgan fingerprint density at radius 1 is 1.04 bits per heavy atom. The van der Waals surface area contributed by atoms with Crippen LogP contribution in [-0.4, -0.2) is 17.7 Å². The second-order valence-electron chi connectivity index (χ2n) is 6.88. The predicted octanol–water partition coefficient (Wildman–Crippen LogP) is 6.07. The minimum absolute atomic E-state index is 0.250. The summed E-state index contributed by atoms with van der Waals surface area (Å²) in [5.74, 6) is 0. The highest BCUT2D eigenvalue weighted by Crippen LogP contribution is 2.39. The zero-order valence-electron chi connectivity index (χ0n) is 14.6.